The lowest BCUT2D eigenvalue weighted by molar-refractivity contribution is 0.299. The number of hydrogen-bond acceptors (Lipinski definition) is 2. The van der Waals surface area contributed by atoms with Crippen molar-refractivity contribution in [2.24, 2.45) is 0 Å². The van der Waals surface area contributed by atoms with Crippen molar-refractivity contribution in [1.29, 1.82) is 0 Å². The van der Waals surface area contributed by atoms with Gasteiger partial charge in [-0.25, -0.2) is 0 Å². The maximum Gasteiger partial charge on any atom is 0.0961 e. The molecule has 11 heavy (non-hydrogen) atoms. The molecule has 0 saturated heterocycles. The second kappa shape index (κ2) is 5.22. The number of thioether (sulfide) groups is 1. The van der Waals surface area contributed by atoms with Gasteiger partial charge in [0.25, 0.3) is 0 Å². The van der Waals surface area contributed by atoms with Crippen LogP contribution in [0.15, 0.2) is 0 Å². The van der Waals surface area contributed by atoms with Gasteiger partial charge in [0.2, 0.25) is 0 Å². The van der Waals surface area contributed by atoms with Crippen molar-refractivity contribution in [3.8, 4) is 0 Å². The maximum absolute atomic E-state index is 2.54. The minimum atomic E-state index is 0.0330. The van der Waals surface area contributed by atoms with E-state index in [0.717, 1.165) is 0 Å². The predicted octanol–water partition coefficient (Wildman–Crippen LogP) is 1.58. The van der Waals surface area contributed by atoms with Crippen LogP contribution < -0.4 is 0 Å². The first-order chi connectivity index (χ1) is 4.98. The van der Waals surface area contributed by atoms with Crippen molar-refractivity contribution in [3.05, 3.63) is 0 Å². The fraction of sp³-hybridized carbons (Fsp3) is 1.00. The van der Waals surface area contributed by atoms with Gasteiger partial charge in [-0.3, -0.25) is 0 Å². The Balaban J connectivity index is 3.44. The highest BCUT2D eigenvalue weighted by Crippen LogP contribution is 2.09. The molecule has 0 unspecified atom stereocenters. The van der Waals surface area contributed by atoms with Crippen molar-refractivity contribution in [1.82, 2.24) is 4.57 Å². The minimum absolute atomic E-state index is 0.0330. The van der Waals surface area contributed by atoms with Gasteiger partial charge in [0.05, 0.1) is 9.68 Å². The van der Waals surface area contributed by atoms with Crippen LogP contribution in [-0.4, -0.2) is 38.8 Å². The van der Waals surface area contributed by atoms with Crippen molar-refractivity contribution < 1.29 is 0 Å². The van der Waals surface area contributed by atoms with E-state index >= 15 is 0 Å². The summed E-state index contributed by atoms with van der Waals surface area (Å²) in [4.78, 5) is 0. The largest absolute Gasteiger partial charge is 0.327 e. The van der Waals surface area contributed by atoms with Gasteiger partial charge in [-0.05, 0) is 45.9 Å². The molecule has 0 aromatic rings. The Labute approximate surface area is 77.8 Å². The monoisotopic (exact) mass is 191 g/mol. The molecule has 0 aliphatic carbocycles. The summed E-state index contributed by atoms with van der Waals surface area (Å²) in [6.07, 6.45) is 2.19. The third kappa shape index (κ3) is 5.76. The zero-order valence-electron chi connectivity index (χ0n) is 8.48. The van der Waals surface area contributed by atoms with E-state index in [1.165, 1.54) is 11.8 Å². The highest BCUT2D eigenvalue weighted by Gasteiger charge is 2.15. The van der Waals surface area contributed by atoms with Gasteiger partial charge >= 0.3 is 0 Å². The summed E-state index contributed by atoms with van der Waals surface area (Å²) in [5, 5.41) is 0. The van der Waals surface area contributed by atoms with Gasteiger partial charge in [0.15, 0.2) is 0 Å². The quantitative estimate of drug-likeness (QED) is 0.490. The van der Waals surface area contributed by atoms with Crippen LogP contribution in [0.3, 0.4) is 0 Å². The Hall–Kier alpha value is 0.527. The van der Waals surface area contributed by atoms with Crippen LogP contribution in [0.5, 0.6) is 0 Å². The van der Waals surface area contributed by atoms with Gasteiger partial charge < -0.3 is 4.57 Å². The molecule has 68 valence electrons. The van der Waals surface area contributed by atoms with Crippen LogP contribution >= 0.6 is 11.8 Å². The molecular formula is C8H21NSSi. The number of hydrogen-bond donors (Lipinski definition) is 0. The Morgan fingerprint density at radius 1 is 1.36 bits per heavy atom. The second-order valence-electron chi connectivity index (χ2n) is 3.94. The molecule has 0 saturated carbocycles. The van der Waals surface area contributed by atoms with Gasteiger partial charge in [-0.1, -0.05) is 0 Å². The van der Waals surface area contributed by atoms with E-state index in [0.29, 0.717) is 5.54 Å². The topological polar surface area (TPSA) is 3.24 Å². The van der Waals surface area contributed by atoms with Gasteiger partial charge in [0.1, 0.15) is 0 Å². The van der Waals surface area contributed by atoms with E-state index in [2.05, 4.69) is 38.6 Å². The third-order valence-electron chi connectivity index (χ3n) is 1.99. The van der Waals surface area contributed by atoms with E-state index in [4.69, 9.17) is 0 Å². The zero-order valence-corrected chi connectivity index (χ0v) is 10.7. The SMILES string of the molecule is CSCC[SiH2]N(C)C(C)(C)C. The van der Waals surface area contributed by atoms with Crippen LogP contribution in [0.4, 0.5) is 0 Å². The molecule has 0 aliphatic heterocycles. The molecule has 0 aliphatic rings. The molecule has 0 radical (unpaired) electrons. The van der Waals surface area contributed by atoms with Crippen LogP contribution in [0.1, 0.15) is 20.8 Å². The lowest BCUT2D eigenvalue weighted by Gasteiger charge is -2.31. The summed E-state index contributed by atoms with van der Waals surface area (Å²) in [5.41, 5.74) is 0.393. The molecule has 0 aromatic heterocycles. The summed E-state index contributed by atoms with van der Waals surface area (Å²) < 4.78 is 2.54. The van der Waals surface area contributed by atoms with E-state index in [9.17, 15) is 0 Å². The Bertz CT molecular complexity index is 101. The number of rotatable bonds is 4. The smallest absolute Gasteiger partial charge is 0.0961 e. The van der Waals surface area contributed by atoms with Crippen molar-refractivity contribution in [3.63, 3.8) is 0 Å². The number of nitrogens with zero attached hydrogens (tertiary/aromatic N) is 1. The highest BCUT2D eigenvalue weighted by atomic mass is 32.2. The first kappa shape index (κ1) is 11.5. The maximum atomic E-state index is 2.54. The Morgan fingerprint density at radius 2 is 1.91 bits per heavy atom. The molecular weight excluding hydrogens is 170 g/mol. The average molecular weight is 191 g/mol. The molecule has 3 heteroatoms. The molecule has 0 atom stereocenters. The van der Waals surface area contributed by atoms with Gasteiger partial charge in [-0.15, -0.1) is 0 Å². The van der Waals surface area contributed by atoms with Crippen LogP contribution in [-0.2, 0) is 0 Å². The van der Waals surface area contributed by atoms with E-state index in [1.54, 1.807) is 0 Å². The fourth-order valence-electron chi connectivity index (χ4n) is 0.781. The van der Waals surface area contributed by atoms with Crippen LogP contribution in [0.2, 0.25) is 6.04 Å². The van der Waals surface area contributed by atoms with Crippen LogP contribution in [0, 0.1) is 0 Å². The van der Waals surface area contributed by atoms with Crippen molar-refractivity contribution in [2.45, 2.75) is 32.4 Å². The molecule has 0 amide bonds. The normalized spacial score (nSPS) is 13.6. The summed E-state index contributed by atoms with van der Waals surface area (Å²) in [6.45, 7) is 6.87. The van der Waals surface area contributed by atoms with E-state index < -0.39 is 0 Å². The third-order valence-corrected chi connectivity index (χ3v) is 5.49. The highest BCUT2D eigenvalue weighted by molar-refractivity contribution is 7.98. The summed E-state index contributed by atoms with van der Waals surface area (Å²) >= 11 is 1.96. The van der Waals surface area contributed by atoms with Crippen molar-refractivity contribution >= 4 is 21.4 Å². The fourth-order valence-corrected chi connectivity index (χ4v) is 3.60. The Morgan fingerprint density at radius 3 is 2.27 bits per heavy atom. The first-order valence-electron chi connectivity index (χ1n) is 4.18. The molecule has 0 spiro atoms. The van der Waals surface area contributed by atoms with Gasteiger partial charge in [-0.2, -0.15) is 11.8 Å². The molecule has 1 nitrogen and oxygen atoms in total. The van der Waals surface area contributed by atoms with Crippen LogP contribution in [0.25, 0.3) is 0 Å². The summed E-state index contributed by atoms with van der Waals surface area (Å²) in [7, 11) is 2.29. The van der Waals surface area contributed by atoms with E-state index in [-0.39, 0.29) is 9.68 Å². The minimum Gasteiger partial charge on any atom is -0.327 e. The molecule has 0 bridgehead atoms. The molecule has 0 aromatic carbocycles. The molecule has 0 heterocycles. The van der Waals surface area contributed by atoms with E-state index in [1.807, 2.05) is 11.8 Å². The molecule has 0 N–H and O–H groups in total. The first-order valence-corrected chi connectivity index (χ1v) is 7.21. The van der Waals surface area contributed by atoms with Crippen molar-refractivity contribution in [2.75, 3.05) is 19.1 Å². The summed E-state index contributed by atoms with van der Waals surface area (Å²) in [5.74, 6) is 1.34. The average Bonchev–Trinajstić information content (AvgIpc) is 1.86. The second-order valence-corrected chi connectivity index (χ2v) is 7.03. The summed E-state index contributed by atoms with van der Waals surface area (Å²) in [6, 6.07) is 1.44. The molecule has 0 rings (SSSR count). The predicted molar refractivity (Wildman–Crippen MR) is 59.2 cm³/mol. The van der Waals surface area contributed by atoms with Gasteiger partial charge in [0, 0.05) is 5.54 Å². The standard InChI is InChI=1S/C8H21NSSi/c1-8(2,3)9(4)11-7-6-10-5/h6-7,11H2,1-5H3. The lowest BCUT2D eigenvalue weighted by Crippen LogP contribution is -2.40. The Kier molecular flexibility index (Phi) is 5.47. The zero-order chi connectivity index (χ0) is 8.91. The lowest BCUT2D eigenvalue weighted by atomic mass is 10.1. The molecule has 0 fully saturated rings.